The van der Waals surface area contributed by atoms with Gasteiger partial charge in [0.15, 0.2) is 0 Å². The summed E-state index contributed by atoms with van der Waals surface area (Å²) in [5.41, 5.74) is 6.68. The number of pyridine rings is 1. The predicted octanol–water partition coefficient (Wildman–Crippen LogP) is 2.29. The summed E-state index contributed by atoms with van der Waals surface area (Å²) in [6.45, 7) is 8.13. The fourth-order valence-electron chi connectivity index (χ4n) is 2.18. The van der Waals surface area contributed by atoms with E-state index in [4.69, 9.17) is 5.73 Å². The summed E-state index contributed by atoms with van der Waals surface area (Å²) in [6.07, 6.45) is 5.42. The number of aromatic nitrogens is 1. The molecule has 0 aromatic carbocycles. The summed E-state index contributed by atoms with van der Waals surface area (Å²) in [7, 11) is 0. The van der Waals surface area contributed by atoms with Gasteiger partial charge >= 0.3 is 0 Å². The Hall–Kier alpha value is -1.86. The largest absolute Gasteiger partial charge is 0.339 e. The number of carbonyl (C=O) groups excluding carboxylic acids is 1. The first kappa shape index (κ1) is 17.2. The van der Waals surface area contributed by atoms with Crippen LogP contribution in [0.25, 0.3) is 0 Å². The lowest BCUT2D eigenvalue weighted by Crippen LogP contribution is -2.35. The average molecular weight is 287 g/mol. The van der Waals surface area contributed by atoms with Crippen molar-refractivity contribution >= 4 is 5.91 Å². The minimum Gasteiger partial charge on any atom is -0.339 e. The predicted molar refractivity (Wildman–Crippen MR) is 85.8 cm³/mol. The lowest BCUT2D eigenvalue weighted by Gasteiger charge is -2.25. The molecule has 4 heteroatoms. The summed E-state index contributed by atoms with van der Waals surface area (Å²) < 4.78 is 0. The molecule has 4 nitrogen and oxygen atoms in total. The highest BCUT2D eigenvalue weighted by Crippen LogP contribution is 2.13. The van der Waals surface area contributed by atoms with Crippen LogP contribution in [0.15, 0.2) is 18.5 Å². The summed E-state index contributed by atoms with van der Waals surface area (Å²) in [4.78, 5) is 18.6. The van der Waals surface area contributed by atoms with E-state index in [0.29, 0.717) is 24.6 Å². The Labute approximate surface area is 127 Å². The maximum atomic E-state index is 12.6. The van der Waals surface area contributed by atoms with Gasteiger partial charge in [-0.15, -0.1) is 0 Å². The second-order valence-corrected chi connectivity index (χ2v) is 4.99. The lowest BCUT2D eigenvalue weighted by molar-refractivity contribution is 0.0734. The Bertz CT molecular complexity index is 512. The van der Waals surface area contributed by atoms with Gasteiger partial charge < -0.3 is 10.6 Å². The molecule has 114 valence electrons. The number of hydrogen-bond acceptors (Lipinski definition) is 3. The molecule has 0 saturated carbocycles. The number of hydrogen-bond donors (Lipinski definition) is 1. The zero-order valence-electron chi connectivity index (χ0n) is 13.2. The van der Waals surface area contributed by atoms with Crippen molar-refractivity contribution in [2.24, 2.45) is 11.7 Å². The van der Waals surface area contributed by atoms with Gasteiger partial charge in [0.2, 0.25) is 0 Å². The average Bonchev–Trinajstić information content (AvgIpc) is 2.54. The summed E-state index contributed by atoms with van der Waals surface area (Å²) in [5.74, 6) is 6.25. The molecule has 0 fully saturated rings. The van der Waals surface area contributed by atoms with E-state index in [1.54, 1.807) is 18.5 Å². The molecule has 0 unspecified atom stereocenters. The van der Waals surface area contributed by atoms with Crippen molar-refractivity contribution in [2.45, 2.75) is 33.6 Å². The molecule has 0 aliphatic rings. The van der Waals surface area contributed by atoms with Crippen molar-refractivity contribution in [3.63, 3.8) is 0 Å². The second kappa shape index (κ2) is 9.15. The first-order valence-corrected chi connectivity index (χ1v) is 7.59. The molecule has 0 atom stereocenters. The highest BCUT2D eigenvalue weighted by molar-refractivity contribution is 5.94. The van der Waals surface area contributed by atoms with Crippen molar-refractivity contribution in [1.82, 2.24) is 9.88 Å². The topological polar surface area (TPSA) is 59.2 Å². The van der Waals surface area contributed by atoms with E-state index in [1.165, 1.54) is 0 Å². The van der Waals surface area contributed by atoms with Crippen LogP contribution in [0.4, 0.5) is 0 Å². The first-order chi connectivity index (χ1) is 10.2. The van der Waals surface area contributed by atoms with Gasteiger partial charge in [0.25, 0.3) is 5.91 Å². The Kier molecular flexibility index (Phi) is 7.49. The molecule has 1 amide bonds. The molecule has 0 aliphatic carbocycles. The van der Waals surface area contributed by atoms with Gasteiger partial charge in [-0.1, -0.05) is 38.5 Å². The Morgan fingerprint density at radius 3 is 2.62 bits per heavy atom. The zero-order valence-corrected chi connectivity index (χ0v) is 13.2. The molecular formula is C17H25N3O. The molecular weight excluding hydrogens is 262 g/mol. The van der Waals surface area contributed by atoms with E-state index in [1.807, 2.05) is 11.8 Å². The Balaban J connectivity index is 2.89. The molecule has 0 aliphatic heterocycles. The molecule has 0 saturated heterocycles. The van der Waals surface area contributed by atoms with Crippen molar-refractivity contribution in [3.8, 4) is 11.8 Å². The van der Waals surface area contributed by atoms with E-state index in [2.05, 4.69) is 30.7 Å². The zero-order chi connectivity index (χ0) is 15.7. The van der Waals surface area contributed by atoms with E-state index in [0.717, 1.165) is 24.9 Å². The van der Waals surface area contributed by atoms with Gasteiger partial charge in [-0.25, -0.2) is 0 Å². The van der Waals surface area contributed by atoms with E-state index >= 15 is 0 Å². The highest BCUT2D eigenvalue weighted by Gasteiger charge is 2.17. The number of carbonyl (C=O) groups is 1. The lowest BCUT2D eigenvalue weighted by atomic mass is 10.0. The second-order valence-electron chi connectivity index (χ2n) is 4.99. The molecule has 21 heavy (non-hydrogen) atoms. The van der Waals surface area contributed by atoms with Crippen LogP contribution in [-0.2, 0) is 0 Å². The monoisotopic (exact) mass is 287 g/mol. The first-order valence-electron chi connectivity index (χ1n) is 7.59. The van der Waals surface area contributed by atoms with Crippen LogP contribution in [-0.4, -0.2) is 35.4 Å². The summed E-state index contributed by atoms with van der Waals surface area (Å²) in [5, 5.41) is 0. The molecule has 1 heterocycles. The van der Waals surface area contributed by atoms with Gasteiger partial charge in [-0.3, -0.25) is 9.78 Å². The minimum atomic E-state index is 0.0216. The third kappa shape index (κ3) is 5.20. The standard InChI is InChI=1S/C17H25N3O/c1-4-14(5-2)13-20(6-3)17(21)16-10-15(8-7-9-18)11-19-12-16/h10-12,14H,4-6,9,13,18H2,1-3H3. The van der Waals surface area contributed by atoms with Crippen molar-refractivity contribution in [2.75, 3.05) is 19.6 Å². The van der Waals surface area contributed by atoms with Crippen molar-refractivity contribution < 1.29 is 4.79 Å². The van der Waals surface area contributed by atoms with Crippen LogP contribution in [0, 0.1) is 17.8 Å². The van der Waals surface area contributed by atoms with Crippen LogP contribution < -0.4 is 5.73 Å². The summed E-state index contributed by atoms with van der Waals surface area (Å²) >= 11 is 0. The van der Waals surface area contributed by atoms with Crippen molar-refractivity contribution in [3.05, 3.63) is 29.6 Å². The minimum absolute atomic E-state index is 0.0216. The number of amides is 1. The fourth-order valence-corrected chi connectivity index (χ4v) is 2.18. The molecule has 0 bridgehead atoms. The Morgan fingerprint density at radius 2 is 2.05 bits per heavy atom. The summed E-state index contributed by atoms with van der Waals surface area (Å²) in [6, 6.07) is 1.79. The van der Waals surface area contributed by atoms with Gasteiger partial charge in [-0.2, -0.15) is 0 Å². The van der Waals surface area contributed by atoms with Crippen LogP contribution in [0.1, 0.15) is 49.5 Å². The van der Waals surface area contributed by atoms with Crippen LogP contribution in [0.3, 0.4) is 0 Å². The number of nitrogens with two attached hydrogens (primary N) is 1. The van der Waals surface area contributed by atoms with Gasteiger partial charge in [0.1, 0.15) is 0 Å². The van der Waals surface area contributed by atoms with Gasteiger partial charge in [0.05, 0.1) is 12.1 Å². The molecule has 0 radical (unpaired) electrons. The van der Waals surface area contributed by atoms with Crippen LogP contribution in [0.5, 0.6) is 0 Å². The molecule has 0 spiro atoms. The Morgan fingerprint density at radius 1 is 1.33 bits per heavy atom. The van der Waals surface area contributed by atoms with Crippen LogP contribution in [0.2, 0.25) is 0 Å². The maximum absolute atomic E-state index is 12.6. The van der Waals surface area contributed by atoms with E-state index < -0.39 is 0 Å². The quantitative estimate of drug-likeness (QED) is 0.817. The molecule has 1 rings (SSSR count). The fraction of sp³-hybridized carbons (Fsp3) is 0.529. The van der Waals surface area contributed by atoms with Crippen LogP contribution >= 0.6 is 0 Å². The number of nitrogens with zero attached hydrogens (tertiary/aromatic N) is 2. The molecule has 1 aromatic heterocycles. The molecule has 2 N–H and O–H groups in total. The highest BCUT2D eigenvalue weighted by atomic mass is 16.2. The normalized spacial score (nSPS) is 10.1. The molecule has 1 aromatic rings. The SMILES string of the molecule is CCC(CC)CN(CC)C(=O)c1cncc(C#CCN)c1. The van der Waals surface area contributed by atoms with E-state index in [9.17, 15) is 4.79 Å². The third-order valence-electron chi connectivity index (χ3n) is 3.62. The number of rotatable bonds is 6. The smallest absolute Gasteiger partial charge is 0.255 e. The van der Waals surface area contributed by atoms with Gasteiger partial charge in [-0.05, 0) is 18.9 Å². The third-order valence-corrected chi connectivity index (χ3v) is 3.62. The van der Waals surface area contributed by atoms with Gasteiger partial charge in [0, 0.05) is 31.0 Å². The maximum Gasteiger partial charge on any atom is 0.255 e. The van der Waals surface area contributed by atoms with E-state index in [-0.39, 0.29) is 5.91 Å². The van der Waals surface area contributed by atoms with Crippen molar-refractivity contribution in [1.29, 1.82) is 0 Å².